The minimum absolute atomic E-state index is 0.0662. The zero-order valence-electron chi connectivity index (χ0n) is 18.3. The number of hydrogen-bond acceptors (Lipinski definition) is 5. The number of carbonyl (C=O) groups is 1. The topological polar surface area (TPSA) is 63.7 Å². The summed E-state index contributed by atoms with van der Waals surface area (Å²) in [7, 11) is 4.01. The molecule has 0 aliphatic carbocycles. The van der Waals surface area contributed by atoms with E-state index in [1.807, 2.05) is 56.7 Å². The zero-order valence-corrected chi connectivity index (χ0v) is 18.3. The van der Waals surface area contributed by atoms with Gasteiger partial charge in [0.25, 0.3) is 0 Å². The summed E-state index contributed by atoms with van der Waals surface area (Å²) in [6, 6.07) is 13.9. The molecule has 7 nitrogen and oxygen atoms in total. The normalized spacial score (nSPS) is 15.8. The summed E-state index contributed by atoms with van der Waals surface area (Å²) in [6.07, 6.45) is 1.86. The second kappa shape index (κ2) is 10.9. The summed E-state index contributed by atoms with van der Waals surface area (Å²) in [5.41, 5.74) is 2.08. The average molecular weight is 411 g/mol. The van der Waals surface area contributed by atoms with Gasteiger partial charge in [-0.15, -0.1) is 0 Å². The van der Waals surface area contributed by atoms with Crippen molar-refractivity contribution in [2.45, 2.75) is 19.5 Å². The number of nitrogens with one attached hydrogen (secondary N) is 2. The van der Waals surface area contributed by atoms with Gasteiger partial charge in [-0.3, -0.25) is 0 Å². The van der Waals surface area contributed by atoms with Crippen LogP contribution in [0.4, 0.5) is 10.6 Å². The fourth-order valence-electron chi connectivity index (χ4n) is 3.68. The molecule has 1 aromatic carbocycles. The number of aromatic nitrogens is 1. The molecule has 1 fully saturated rings. The standard InChI is InChI=1S/C23H34N6O/c1-4-28-12-14-29(15-13-28)22-11-10-19(16-24-22)17-25-23(30)26-21(18-27(2)3)20-8-6-5-7-9-20/h5-11,16,21H,4,12-15,17-18H2,1-3H3,(H2,25,26,30). The summed E-state index contributed by atoms with van der Waals surface area (Å²) in [4.78, 5) is 23.9. The molecule has 0 spiro atoms. The van der Waals surface area contributed by atoms with Gasteiger partial charge in [0.1, 0.15) is 5.82 Å². The van der Waals surface area contributed by atoms with Gasteiger partial charge in [-0.2, -0.15) is 0 Å². The molecular formula is C23H34N6O. The molecule has 1 atom stereocenters. The first-order valence-electron chi connectivity index (χ1n) is 10.7. The largest absolute Gasteiger partial charge is 0.354 e. The van der Waals surface area contributed by atoms with Crippen molar-refractivity contribution in [2.24, 2.45) is 0 Å². The first-order chi connectivity index (χ1) is 14.5. The quantitative estimate of drug-likeness (QED) is 0.699. The van der Waals surface area contributed by atoms with Crippen LogP contribution in [0.1, 0.15) is 24.1 Å². The number of benzene rings is 1. The second-order valence-electron chi connectivity index (χ2n) is 8.00. The fourth-order valence-corrected chi connectivity index (χ4v) is 3.68. The maximum Gasteiger partial charge on any atom is 0.315 e. The van der Waals surface area contributed by atoms with E-state index in [1.54, 1.807) is 0 Å². The third kappa shape index (κ3) is 6.43. The van der Waals surface area contributed by atoms with Crippen LogP contribution in [0.25, 0.3) is 0 Å². The Kier molecular flexibility index (Phi) is 8.04. The molecule has 162 valence electrons. The molecule has 2 heterocycles. The van der Waals surface area contributed by atoms with Crippen molar-refractivity contribution in [3.63, 3.8) is 0 Å². The molecule has 2 aromatic rings. The molecule has 1 aliphatic heterocycles. The number of urea groups is 1. The van der Waals surface area contributed by atoms with Crippen LogP contribution in [0.15, 0.2) is 48.7 Å². The van der Waals surface area contributed by atoms with Crippen LogP contribution >= 0.6 is 0 Å². The third-order valence-corrected chi connectivity index (χ3v) is 5.46. The Labute approximate surface area is 180 Å². The van der Waals surface area contributed by atoms with Crippen LogP contribution in [0.3, 0.4) is 0 Å². The van der Waals surface area contributed by atoms with Crippen molar-refractivity contribution in [2.75, 3.05) is 58.3 Å². The molecule has 0 saturated carbocycles. The number of piperazine rings is 1. The third-order valence-electron chi connectivity index (χ3n) is 5.46. The molecule has 2 N–H and O–H groups in total. The second-order valence-corrected chi connectivity index (χ2v) is 8.00. The highest BCUT2D eigenvalue weighted by Crippen LogP contribution is 2.15. The van der Waals surface area contributed by atoms with Crippen LogP contribution in [0.5, 0.6) is 0 Å². The SMILES string of the molecule is CCN1CCN(c2ccc(CNC(=O)NC(CN(C)C)c3ccccc3)cn2)CC1. The number of rotatable bonds is 8. The van der Waals surface area contributed by atoms with Gasteiger partial charge in [0, 0.05) is 45.5 Å². The Balaban J connectivity index is 1.50. The Bertz CT molecular complexity index is 772. The molecule has 1 unspecified atom stereocenters. The van der Waals surface area contributed by atoms with E-state index in [1.165, 1.54) is 0 Å². The molecule has 30 heavy (non-hydrogen) atoms. The Morgan fingerprint density at radius 1 is 1.10 bits per heavy atom. The van der Waals surface area contributed by atoms with E-state index in [9.17, 15) is 4.79 Å². The van der Waals surface area contributed by atoms with Crippen LogP contribution < -0.4 is 15.5 Å². The number of carbonyl (C=O) groups excluding carboxylic acids is 1. The van der Waals surface area contributed by atoms with E-state index in [-0.39, 0.29) is 12.1 Å². The minimum Gasteiger partial charge on any atom is -0.354 e. The predicted molar refractivity (Wildman–Crippen MR) is 122 cm³/mol. The summed E-state index contributed by atoms with van der Waals surface area (Å²) >= 11 is 0. The van der Waals surface area contributed by atoms with E-state index < -0.39 is 0 Å². The minimum atomic E-state index is -0.175. The van der Waals surface area contributed by atoms with E-state index in [2.05, 4.69) is 43.3 Å². The summed E-state index contributed by atoms with van der Waals surface area (Å²) < 4.78 is 0. The average Bonchev–Trinajstić information content (AvgIpc) is 2.78. The molecule has 7 heteroatoms. The van der Waals surface area contributed by atoms with E-state index in [4.69, 9.17) is 0 Å². The first kappa shape index (κ1) is 22.1. The van der Waals surface area contributed by atoms with Gasteiger partial charge >= 0.3 is 6.03 Å². The molecule has 2 amide bonds. The Morgan fingerprint density at radius 3 is 2.43 bits per heavy atom. The Morgan fingerprint density at radius 2 is 1.83 bits per heavy atom. The van der Waals surface area contributed by atoms with Crippen molar-refractivity contribution in [1.82, 2.24) is 25.4 Å². The Hall–Kier alpha value is -2.64. The number of amides is 2. The fraction of sp³-hybridized carbons (Fsp3) is 0.478. The van der Waals surface area contributed by atoms with Crippen LogP contribution in [0.2, 0.25) is 0 Å². The lowest BCUT2D eigenvalue weighted by Gasteiger charge is -2.34. The summed E-state index contributed by atoms with van der Waals surface area (Å²) in [5.74, 6) is 1.01. The molecule has 1 aliphatic rings. The van der Waals surface area contributed by atoms with Crippen LogP contribution in [-0.4, -0.2) is 74.2 Å². The molecule has 0 bridgehead atoms. The maximum absolute atomic E-state index is 12.5. The van der Waals surface area contributed by atoms with Crippen molar-refractivity contribution in [1.29, 1.82) is 0 Å². The monoisotopic (exact) mass is 410 g/mol. The van der Waals surface area contributed by atoms with Crippen LogP contribution in [0, 0.1) is 0 Å². The number of hydrogen-bond donors (Lipinski definition) is 2. The van der Waals surface area contributed by atoms with Gasteiger partial charge in [-0.25, -0.2) is 9.78 Å². The molecule has 1 saturated heterocycles. The number of likely N-dealkylation sites (N-methyl/N-ethyl adjacent to an activating group) is 2. The highest BCUT2D eigenvalue weighted by Gasteiger charge is 2.17. The zero-order chi connectivity index (χ0) is 21.3. The van der Waals surface area contributed by atoms with Gasteiger partial charge < -0.3 is 25.3 Å². The van der Waals surface area contributed by atoms with Gasteiger partial charge in [0.2, 0.25) is 0 Å². The smallest absolute Gasteiger partial charge is 0.315 e. The maximum atomic E-state index is 12.5. The van der Waals surface area contributed by atoms with E-state index in [0.29, 0.717) is 6.54 Å². The van der Waals surface area contributed by atoms with Gasteiger partial charge in [0.15, 0.2) is 0 Å². The van der Waals surface area contributed by atoms with Gasteiger partial charge in [-0.1, -0.05) is 43.3 Å². The van der Waals surface area contributed by atoms with Crippen molar-refractivity contribution < 1.29 is 4.79 Å². The summed E-state index contributed by atoms with van der Waals surface area (Å²) in [6.45, 7) is 8.67. The lowest BCUT2D eigenvalue weighted by atomic mass is 10.1. The lowest BCUT2D eigenvalue weighted by Crippen LogP contribution is -2.46. The van der Waals surface area contributed by atoms with Gasteiger partial charge in [-0.05, 0) is 37.8 Å². The van der Waals surface area contributed by atoms with Gasteiger partial charge in [0.05, 0.1) is 6.04 Å². The highest BCUT2D eigenvalue weighted by molar-refractivity contribution is 5.74. The predicted octanol–water partition coefficient (Wildman–Crippen LogP) is 2.33. The number of nitrogens with zero attached hydrogens (tertiary/aromatic N) is 4. The number of pyridine rings is 1. The van der Waals surface area contributed by atoms with Crippen molar-refractivity contribution in [3.8, 4) is 0 Å². The molecular weight excluding hydrogens is 376 g/mol. The molecule has 0 radical (unpaired) electrons. The first-order valence-corrected chi connectivity index (χ1v) is 10.7. The number of anilines is 1. The lowest BCUT2D eigenvalue weighted by molar-refractivity contribution is 0.232. The van der Waals surface area contributed by atoms with Crippen LogP contribution in [-0.2, 0) is 6.54 Å². The van der Waals surface area contributed by atoms with E-state index >= 15 is 0 Å². The molecule has 3 rings (SSSR count). The van der Waals surface area contributed by atoms with E-state index in [0.717, 1.165) is 56.2 Å². The summed E-state index contributed by atoms with van der Waals surface area (Å²) in [5, 5.41) is 6.04. The highest BCUT2D eigenvalue weighted by atomic mass is 16.2. The van der Waals surface area contributed by atoms with Crippen molar-refractivity contribution in [3.05, 3.63) is 59.8 Å². The molecule has 1 aromatic heterocycles. The van der Waals surface area contributed by atoms with Crippen molar-refractivity contribution >= 4 is 11.8 Å².